The predicted molar refractivity (Wildman–Crippen MR) is 55.5 cm³/mol. The van der Waals surface area contributed by atoms with Crippen LogP contribution in [-0.2, 0) is 6.42 Å². The Kier molecular flexibility index (Phi) is 2.52. The zero-order chi connectivity index (χ0) is 9.97. The Morgan fingerprint density at radius 1 is 1.64 bits per heavy atom. The fourth-order valence-electron chi connectivity index (χ4n) is 1.38. The standard InChI is InChI=1S/C10H15N3O/c1-2-3-8-6-9(14)13-10(12-8)11-7-4-5-7/h6-7H,2-5H2,1H3,(H2,11,12,13,14). The van der Waals surface area contributed by atoms with Gasteiger partial charge in [-0.3, -0.25) is 9.78 Å². The number of rotatable bonds is 4. The van der Waals surface area contributed by atoms with Gasteiger partial charge >= 0.3 is 0 Å². The molecule has 0 bridgehead atoms. The first-order chi connectivity index (χ1) is 6.78. The van der Waals surface area contributed by atoms with Crippen LogP contribution in [0.5, 0.6) is 0 Å². The van der Waals surface area contributed by atoms with E-state index in [0.29, 0.717) is 12.0 Å². The van der Waals surface area contributed by atoms with Gasteiger partial charge in [0.25, 0.3) is 5.56 Å². The summed E-state index contributed by atoms with van der Waals surface area (Å²) in [5.41, 5.74) is 0.811. The summed E-state index contributed by atoms with van der Waals surface area (Å²) in [7, 11) is 0. The van der Waals surface area contributed by atoms with Crippen molar-refractivity contribution in [1.82, 2.24) is 9.97 Å². The van der Waals surface area contributed by atoms with Gasteiger partial charge in [-0.25, -0.2) is 4.98 Å². The Morgan fingerprint density at radius 3 is 3.07 bits per heavy atom. The molecular formula is C10H15N3O. The van der Waals surface area contributed by atoms with Crippen LogP contribution >= 0.6 is 0 Å². The molecule has 14 heavy (non-hydrogen) atoms. The van der Waals surface area contributed by atoms with Gasteiger partial charge in [-0.05, 0) is 19.3 Å². The highest BCUT2D eigenvalue weighted by Crippen LogP contribution is 2.22. The van der Waals surface area contributed by atoms with Gasteiger partial charge in [0.1, 0.15) is 0 Å². The van der Waals surface area contributed by atoms with E-state index >= 15 is 0 Å². The van der Waals surface area contributed by atoms with E-state index in [1.807, 2.05) is 0 Å². The van der Waals surface area contributed by atoms with Gasteiger partial charge in [-0.2, -0.15) is 0 Å². The van der Waals surface area contributed by atoms with E-state index in [2.05, 4.69) is 22.2 Å². The van der Waals surface area contributed by atoms with Crippen LogP contribution in [0.2, 0.25) is 0 Å². The monoisotopic (exact) mass is 193 g/mol. The van der Waals surface area contributed by atoms with Crippen LogP contribution < -0.4 is 10.9 Å². The molecule has 0 aliphatic heterocycles. The molecule has 0 radical (unpaired) electrons. The highest BCUT2D eigenvalue weighted by Gasteiger charge is 2.21. The summed E-state index contributed by atoms with van der Waals surface area (Å²) in [6, 6.07) is 2.09. The maximum atomic E-state index is 11.3. The second-order valence-corrected chi connectivity index (χ2v) is 3.75. The SMILES string of the molecule is CCCc1cc(=O)[nH]c(NC2CC2)n1. The van der Waals surface area contributed by atoms with Gasteiger partial charge in [0.05, 0.1) is 0 Å². The number of hydrogen-bond acceptors (Lipinski definition) is 3. The van der Waals surface area contributed by atoms with Gasteiger partial charge < -0.3 is 5.32 Å². The maximum Gasteiger partial charge on any atom is 0.252 e. The summed E-state index contributed by atoms with van der Waals surface area (Å²) in [5.74, 6) is 0.628. The van der Waals surface area contributed by atoms with E-state index in [1.165, 1.54) is 12.8 Å². The van der Waals surface area contributed by atoms with Crippen molar-refractivity contribution in [3.05, 3.63) is 22.1 Å². The number of aromatic amines is 1. The molecule has 1 aromatic heterocycles. The number of aromatic nitrogens is 2. The van der Waals surface area contributed by atoms with Crippen molar-refractivity contribution in [1.29, 1.82) is 0 Å². The quantitative estimate of drug-likeness (QED) is 0.757. The minimum absolute atomic E-state index is 0.0633. The van der Waals surface area contributed by atoms with Crippen molar-refractivity contribution in [3.63, 3.8) is 0 Å². The molecule has 2 rings (SSSR count). The lowest BCUT2D eigenvalue weighted by molar-refractivity contribution is 0.864. The number of H-pyrrole nitrogens is 1. The molecule has 1 fully saturated rings. The van der Waals surface area contributed by atoms with E-state index in [1.54, 1.807) is 6.07 Å². The molecule has 1 saturated carbocycles. The second-order valence-electron chi connectivity index (χ2n) is 3.75. The molecule has 1 aliphatic carbocycles. The summed E-state index contributed by atoms with van der Waals surface area (Å²) in [5, 5.41) is 3.19. The molecule has 0 aromatic carbocycles. The average Bonchev–Trinajstić information content (AvgIpc) is 2.87. The summed E-state index contributed by atoms with van der Waals surface area (Å²) >= 11 is 0. The molecule has 4 nitrogen and oxygen atoms in total. The number of anilines is 1. The first-order valence-corrected chi connectivity index (χ1v) is 5.14. The average molecular weight is 193 g/mol. The molecule has 1 heterocycles. The molecule has 4 heteroatoms. The second kappa shape index (κ2) is 3.82. The molecule has 0 amide bonds. The Bertz CT molecular complexity index is 368. The van der Waals surface area contributed by atoms with Crippen LogP contribution in [-0.4, -0.2) is 16.0 Å². The van der Waals surface area contributed by atoms with Gasteiger partial charge in [0.2, 0.25) is 5.95 Å². The van der Waals surface area contributed by atoms with E-state index < -0.39 is 0 Å². The lowest BCUT2D eigenvalue weighted by Gasteiger charge is -2.04. The topological polar surface area (TPSA) is 57.8 Å². The summed E-state index contributed by atoms with van der Waals surface area (Å²) in [4.78, 5) is 18.3. The van der Waals surface area contributed by atoms with Crippen LogP contribution in [0.25, 0.3) is 0 Å². The minimum atomic E-state index is -0.0633. The molecule has 1 aliphatic rings. The zero-order valence-corrected chi connectivity index (χ0v) is 8.34. The predicted octanol–water partition coefficient (Wildman–Crippen LogP) is 1.30. The fourth-order valence-corrected chi connectivity index (χ4v) is 1.38. The molecule has 0 spiro atoms. The van der Waals surface area contributed by atoms with E-state index in [0.717, 1.165) is 18.5 Å². The highest BCUT2D eigenvalue weighted by molar-refractivity contribution is 5.28. The van der Waals surface area contributed by atoms with Crippen LogP contribution in [0, 0.1) is 0 Å². The van der Waals surface area contributed by atoms with Gasteiger partial charge in [-0.1, -0.05) is 13.3 Å². The van der Waals surface area contributed by atoms with Crippen molar-refractivity contribution >= 4 is 5.95 Å². The molecule has 0 saturated heterocycles. The first-order valence-electron chi connectivity index (χ1n) is 5.14. The molecule has 2 N–H and O–H groups in total. The maximum absolute atomic E-state index is 11.3. The zero-order valence-electron chi connectivity index (χ0n) is 8.34. The lowest BCUT2D eigenvalue weighted by atomic mass is 10.2. The largest absolute Gasteiger partial charge is 0.353 e. The van der Waals surface area contributed by atoms with Gasteiger partial charge in [0, 0.05) is 17.8 Å². The van der Waals surface area contributed by atoms with Crippen LogP contribution in [0.4, 0.5) is 5.95 Å². The van der Waals surface area contributed by atoms with Gasteiger partial charge in [0.15, 0.2) is 0 Å². The van der Waals surface area contributed by atoms with Gasteiger partial charge in [-0.15, -0.1) is 0 Å². The van der Waals surface area contributed by atoms with Crippen molar-refractivity contribution < 1.29 is 0 Å². The molecule has 76 valence electrons. The van der Waals surface area contributed by atoms with Crippen molar-refractivity contribution in [2.24, 2.45) is 0 Å². The Morgan fingerprint density at radius 2 is 2.43 bits per heavy atom. The first kappa shape index (κ1) is 9.24. The van der Waals surface area contributed by atoms with E-state index in [-0.39, 0.29) is 5.56 Å². The summed E-state index contributed by atoms with van der Waals surface area (Å²) in [6.07, 6.45) is 4.24. The third-order valence-electron chi connectivity index (χ3n) is 2.22. The highest BCUT2D eigenvalue weighted by atomic mass is 16.1. The summed E-state index contributed by atoms with van der Waals surface area (Å²) < 4.78 is 0. The fraction of sp³-hybridized carbons (Fsp3) is 0.600. The molecule has 0 atom stereocenters. The Hall–Kier alpha value is -1.32. The Balaban J connectivity index is 2.16. The molecule has 1 aromatic rings. The normalized spacial score (nSPS) is 15.5. The van der Waals surface area contributed by atoms with Crippen LogP contribution in [0.3, 0.4) is 0 Å². The van der Waals surface area contributed by atoms with Crippen molar-refractivity contribution in [2.75, 3.05) is 5.32 Å². The van der Waals surface area contributed by atoms with Crippen molar-refractivity contribution in [3.8, 4) is 0 Å². The number of nitrogens with zero attached hydrogens (tertiary/aromatic N) is 1. The molecular weight excluding hydrogens is 178 g/mol. The molecule has 0 unspecified atom stereocenters. The third-order valence-corrected chi connectivity index (χ3v) is 2.22. The number of nitrogens with one attached hydrogen (secondary N) is 2. The van der Waals surface area contributed by atoms with Crippen molar-refractivity contribution in [2.45, 2.75) is 38.6 Å². The lowest BCUT2D eigenvalue weighted by Crippen LogP contribution is -2.15. The Labute approximate surface area is 82.8 Å². The van der Waals surface area contributed by atoms with E-state index in [4.69, 9.17) is 0 Å². The van der Waals surface area contributed by atoms with Crippen LogP contribution in [0.1, 0.15) is 31.9 Å². The number of aryl methyl sites for hydroxylation is 1. The smallest absolute Gasteiger partial charge is 0.252 e. The third kappa shape index (κ3) is 2.34. The van der Waals surface area contributed by atoms with Crippen LogP contribution in [0.15, 0.2) is 10.9 Å². The number of hydrogen-bond donors (Lipinski definition) is 2. The van der Waals surface area contributed by atoms with E-state index in [9.17, 15) is 4.79 Å². The minimum Gasteiger partial charge on any atom is -0.353 e. The summed E-state index contributed by atoms with van der Waals surface area (Å²) in [6.45, 7) is 2.08.